The molecule has 0 saturated carbocycles. The van der Waals surface area contributed by atoms with Crippen molar-refractivity contribution in [3.63, 3.8) is 0 Å². The third kappa shape index (κ3) is 1.67. The van der Waals surface area contributed by atoms with Crippen molar-refractivity contribution < 1.29 is 4.92 Å². The van der Waals surface area contributed by atoms with Gasteiger partial charge in [-0.15, -0.1) is 0 Å². The largest absolute Gasteiger partial charge is 0.298 e. The van der Waals surface area contributed by atoms with E-state index in [9.17, 15) is 10.1 Å². The fourth-order valence-electron chi connectivity index (χ4n) is 1.68. The highest BCUT2D eigenvalue weighted by molar-refractivity contribution is 5.52. The first-order valence-corrected chi connectivity index (χ1v) is 4.86. The monoisotopic (exact) mass is 217 g/mol. The highest BCUT2D eigenvalue weighted by atomic mass is 16.6. The van der Waals surface area contributed by atoms with Crippen LogP contribution in [0.5, 0.6) is 0 Å². The van der Waals surface area contributed by atoms with Gasteiger partial charge in [0.2, 0.25) is 0 Å². The van der Waals surface area contributed by atoms with Crippen molar-refractivity contribution in [3.05, 3.63) is 52.1 Å². The molecule has 82 valence electrons. The second-order valence-corrected chi connectivity index (χ2v) is 3.55. The third-order valence-corrected chi connectivity index (χ3v) is 2.34. The van der Waals surface area contributed by atoms with Crippen LogP contribution in [0.25, 0.3) is 5.69 Å². The molecular weight excluding hydrogens is 206 g/mol. The molecule has 0 N–H and O–H groups in total. The molecule has 0 fully saturated rings. The molecule has 0 aliphatic heterocycles. The Hall–Kier alpha value is -2.17. The van der Waals surface area contributed by atoms with E-state index in [4.69, 9.17) is 0 Å². The Kier molecular flexibility index (Phi) is 2.44. The normalized spacial score (nSPS) is 10.4. The molecule has 1 aromatic carbocycles. The lowest BCUT2D eigenvalue weighted by Gasteiger charge is -2.04. The van der Waals surface area contributed by atoms with Crippen LogP contribution < -0.4 is 0 Å². The smallest absolute Gasteiger partial charge is 0.293 e. The average molecular weight is 217 g/mol. The summed E-state index contributed by atoms with van der Waals surface area (Å²) in [4.78, 5) is 14.7. The number of para-hydroxylation sites is 2. The van der Waals surface area contributed by atoms with Gasteiger partial charge in [0.1, 0.15) is 11.5 Å². The molecular formula is C11H11N3O2. The summed E-state index contributed by atoms with van der Waals surface area (Å²) in [7, 11) is 0. The lowest BCUT2D eigenvalue weighted by Crippen LogP contribution is -2.00. The Labute approximate surface area is 92.5 Å². The number of imidazole rings is 1. The van der Waals surface area contributed by atoms with Crippen LogP contribution in [0, 0.1) is 24.0 Å². The number of aryl methyl sites for hydroxylation is 2. The maximum atomic E-state index is 10.9. The van der Waals surface area contributed by atoms with E-state index in [0.717, 1.165) is 11.5 Å². The van der Waals surface area contributed by atoms with Crippen LogP contribution in [0.2, 0.25) is 0 Å². The summed E-state index contributed by atoms with van der Waals surface area (Å²) in [5.74, 6) is 0.742. The number of nitro groups is 1. The number of aromatic nitrogens is 2. The zero-order valence-corrected chi connectivity index (χ0v) is 9.04. The molecule has 0 radical (unpaired) electrons. The molecule has 0 aliphatic rings. The third-order valence-electron chi connectivity index (χ3n) is 2.34. The van der Waals surface area contributed by atoms with E-state index in [1.807, 2.05) is 13.8 Å². The second kappa shape index (κ2) is 3.77. The molecule has 0 unspecified atom stereocenters. The van der Waals surface area contributed by atoms with Crippen molar-refractivity contribution >= 4 is 5.69 Å². The van der Waals surface area contributed by atoms with Crippen molar-refractivity contribution in [2.45, 2.75) is 13.8 Å². The molecule has 1 aromatic heterocycles. The minimum absolute atomic E-state index is 0.0861. The maximum Gasteiger partial charge on any atom is 0.293 e. The summed E-state index contributed by atoms with van der Waals surface area (Å²) >= 11 is 0. The van der Waals surface area contributed by atoms with Gasteiger partial charge in [0.25, 0.3) is 5.69 Å². The summed E-state index contributed by atoms with van der Waals surface area (Å²) in [5.41, 5.74) is 1.48. The maximum absolute atomic E-state index is 10.9. The number of hydrogen-bond acceptors (Lipinski definition) is 3. The van der Waals surface area contributed by atoms with Crippen LogP contribution in [0.1, 0.15) is 11.5 Å². The fraction of sp³-hybridized carbons (Fsp3) is 0.182. The van der Waals surface area contributed by atoms with Crippen LogP contribution in [0.4, 0.5) is 5.69 Å². The standard InChI is InChI=1S/C11H11N3O2/c1-8-7-13(9(2)12-8)10-5-3-4-6-11(10)14(15)16/h3-7H,1-2H3. The lowest BCUT2D eigenvalue weighted by molar-refractivity contribution is -0.384. The Morgan fingerprint density at radius 3 is 2.56 bits per heavy atom. The summed E-state index contributed by atoms with van der Waals surface area (Å²) in [6.45, 7) is 3.68. The van der Waals surface area contributed by atoms with Crippen molar-refractivity contribution in [2.75, 3.05) is 0 Å². The minimum atomic E-state index is -0.385. The molecule has 0 bridgehead atoms. The second-order valence-electron chi connectivity index (χ2n) is 3.55. The first-order valence-electron chi connectivity index (χ1n) is 4.86. The Morgan fingerprint density at radius 2 is 2.00 bits per heavy atom. The van der Waals surface area contributed by atoms with E-state index >= 15 is 0 Å². The van der Waals surface area contributed by atoms with Crippen molar-refractivity contribution in [1.82, 2.24) is 9.55 Å². The fourth-order valence-corrected chi connectivity index (χ4v) is 1.68. The van der Waals surface area contributed by atoms with E-state index in [1.165, 1.54) is 6.07 Å². The molecule has 0 saturated heterocycles. The van der Waals surface area contributed by atoms with Crippen molar-refractivity contribution in [3.8, 4) is 5.69 Å². The summed E-state index contributed by atoms with van der Waals surface area (Å²) in [6.07, 6.45) is 1.79. The van der Waals surface area contributed by atoms with Crippen molar-refractivity contribution in [1.29, 1.82) is 0 Å². The van der Waals surface area contributed by atoms with Gasteiger partial charge in [-0.05, 0) is 19.9 Å². The Bertz CT molecular complexity index is 546. The van der Waals surface area contributed by atoms with Gasteiger partial charge in [0.05, 0.1) is 10.6 Å². The number of hydrogen-bond donors (Lipinski definition) is 0. The van der Waals surface area contributed by atoms with Crippen LogP contribution >= 0.6 is 0 Å². The number of benzene rings is 1. The first-order chi connectivity index (χ1) is 7.59. The highest BCUT2D eigenvalue weighted by Crippen LogP contribution is 2.23. The van der Waals surface area contributed by atoms with Crippen LogP contribution in [0.15, 0.2) is 30.5 Å². The van der Waals surface area contributed by atoms with Gasteiger partial charge in [0.15, 0.2) is 0 Å². The van der Waals surface area contributed by atoms with Crippen LogP contribution in [0.3, 0.4) is 0 Å². The molecule has 0 aliphatic carbocycles. The number of nitro benzene ring substituents is 1. The van der Waals surface area contributed by atoms with E-state index < -0.39 is 0 Å². The van der Waals surface area contributed by atoms with E-state index in [1.54, 1.807) is 29.0 Å². The summed E-state index contributed by atoms with van der Waals surface area (Å²) in [5, 5.41) is 10.9. The van der Waals surface area contributed by atoms with Crippen LogP contribution in [-0.2, 0) is 0 Å². The molecule has 0 amide bonds. The average Bonchev–Trinajstić information content (AvgIpc) is 2.57. The van der Waals surface area contributed by atoms with Gasteiger partial charge in [-0.1, -0.05) is 12.1 Å². The van der Waals surface area contributed by atoms with Gasteiger partial charge >= 0.3 is 0 Å². The summed E-state index contributed by atoms with van der Waals surface area (Å²) in [6, 6.07) is 6.63. The van der Waals surface area contributed by atoms with E-state index in [0.29, 0.717) is 5.69 Å². The predicted molar refractivity (Wildman–Crippen MR) is 59.7 cm³/mol. The van der Waals surface area contributed by atoms with Crippen LogP contribution in [-0.4, -0.2) is 14.5 Å². The SMILES string of the molecule is Cc1cn(-c2ccccc2[N+](=O)[O-])c(C)n1. The van der Waals surface area contributed by atoms with Gasteiger partial charge in [-0.25, -0.2) is 4.98 Å². The van der Waals surface area contributed by atoms with Gasteiger partial charge < -0.3 is 0 Å². The highest BCUT2D eigenvalue weighted by Gasteiger charge is 2.15. The molecule has 0 spiro atoms. The molecule has 1 heterocycles. The zero-order chi connectivity index (χ0) is 11.7. The minimum Gasteiger partial charge on any atom is -0.298 e. The van der Waals surface area contributed by atoms with Gasteiger partial charge in [-0.3, -0.25) is 14.7 Å². The molecule has 16 heavy (non-hydrogen) atoms. The lowest BCUT2D eigenvalue weighted by atomic mass is 10.2. The van der Waals surface area contributed by atoms with E-state index in [-0.39, 0.29) is 10.6 Å². The quantitative estimate of drug-likeness (QED) is 0.573. The number of rotatable bonds is 2. The summed E-state index contributed by atoms with van der Waals surface area (Å²) < 4.78 is 1.73. The van der Waals surface area contributed by atoms with E-state index in [2.05, 4.69) is 4.98 Å². The first kappa shape index (κ1) is 10.4. The predicted octanol–water partition coefficient (Wildman–Crippen LogP) is 2.40. The molecule has 5 heteroatoms. The zero-order valence-electron chi connectivity index (χ0n) is 9.04. The molecule has 5 nitrogen and oxygen atoms in total. The number of nitrogens with zero attached hydrogens (tertiary/aromatic N) is 3. The topological polar surface area (TPSA) is 61.0 Å². The molecule has 2 aromatic rings. The van der Waals surface area contributed by atoms with Gasteiger partial charge in [-0.2, -0.15) is 0 Å². The van der Waals surface area contributed by atoms with Crippen molar-refractivity contribution in [2.24, 2.45) is 0 Å². The van der Waals surface area contributed by atoms with Gasteiger partial charge in [0, 0.05) is 12.3 Å². The Balaban J connectivity index is 2.64. The Morgan fingerprint density at radius 1 is 1.31 bits per heavy atom. The molecule has 0 atom stereocenters. The molecule has 2 rings (SSSR count).